The van der Waals surface area contributed by atoms with Crippen LogP contribution in [-0.2, 0) is 11.2 Å². The highest BCUT2D eigenvalue weighted by Gasteiger charge is 2.28. The van der Waals surface area contributed by atoms with E-state index in [1.54, 1.807) is 0 Å². The molecule has 1 aromatic carbocycles. The number of nitrogens with zero attached hydrogens (tertiary/aromatic N) is 2. The summed E-state index contributed by atoms with van der Waals surface area (Å²) in [6, 6.07) is 6.39. The van der Waals surface area contributed by atoms with Gasteiger partial charge in [-0.25, -0.2) is 0 Å². The van der Waals surface area contributed by atoms with Crippen LogP contribution in [0.4, 0.5) is 5.69 Å². The fraction of sp³-hybridized carbons (Fsp3) is 0.444. The summed E-state index contributed by atoms with van der Waals surface area (Å²) in [6.07, 6.45) is 2.51. The Morgan fingerprint density at radius 1 is 1.35 bits per heavy atom. The normalized spacial score (nSPS) is 14.2. The highest BCUT2D eigenvalue weighted by Crippen LogP contribution is 2.39. The molecule has 0 bridgehead atoms. The minimum atomic E-state index is -0.871. The van der Waals surface area contributed by atoms with Gasteiger partial charge in [0.05, 0.1) is 5.52 Å². The van der Waals surface area contributed by atoms with E-state index in [1.807, 2.05) is 44.1 Å². The molecule has 0 unspecified atom stereocenters. The molecule has 0 atom stereocenters. The Morgan fingerprint density at radius 2 is 2.04 bits per heavy atom. The van der Waals surface area contributed by atoms with Crippen LogP contribution >= 0.6 is 0 Å². The summed E-state index contributed by atoms with van der Waals surface area (Å²) in [6.45, 7) is 1.94. The number of fused-ring (bicyclic) bond motifs is 1. The van der Waals surface area contributed by atoms with Gasteiger partial charge in [-0.1, -0.05) is 0 Å². The van der Waals surface area contributed by atoms with Crippen LogP contribution in [0.5, 0.6) is 0 Å². The number of benzene rings is 1. The van der Waals surface area contributed by atoms with Crippen LogP contribution in [0.1, 0.15) is 36.6 Å². The summed E-state index contributed by atoms with van der Waals surface area (Å²) in [7, 11) is 3.89. The molecule has 1 fully saturated rings. The molecule has 0 spiro atoms. The molecule has 23 heavy (non-hydrogen) atoms. The van der Waals surface area contributed by atoms with E-state index in [0.29, 0.717) is 17.0 Å². The van der Waals surface area contributed by atoms with Crippen molar-refractivity contribution in [1.29, 1.82) is 0 Å². The Morgan fingerprint density at radius 3 is 2.61 bits per heavy atom. The maximum Gasteiger partial charge on any atom is 0.303 e. The molecule has 0 aliphatic heterocycles. The van der Waals surface area contributed by atoms with E-state index >= 15 is 0 Å². The molecule has 1 heterocycles. The maximum absolute atomic E-state index is 12.9. The van der Waals surface area contributed by atoms with Crippen LogP contribution < -0.4 is 10.3 Å². The Balaban J connectivity index is 2.25. The Labute approximate surface area is 135 Å². The first-order valence-electron chi connectivity index (χ1n) is 7.97. The second kappa shape index (κ2) is 5.72. The standard InChI is InChI=1S/C18H22N2O3/c1-11-14(7-9-17(21)22)18(23)15-10-13(19(2)3)6-8-16(15)20(11)12-4-5-12/h6,8,10,12H,4-5,7,9H2,1-3H3,(H,21,22). The molecule has 122 valence electrons. The monoisotopic (exact) mass is 314 g/mol. The van der Waals surface area contributed by atoms with Crippen LogP contribution in [0.15, 0.2) is 23.0 Å². The molecule has 1 N–H and O–H groups in total. The van der Waals surface area contributed by atoms with Crippen molar-refractivity contribution in [1.82, 2.24) is 4.57 Å². The van der Waals surface area contributed by atoms with Crippen LogP contribution in [0.2, 0.25) is 0 Å². The first-order chi connectivity index (χ1) is 10.9. The molecule has 0 radical (unpaired) electrons. The fourth-order valence-corrected chi connectivity index (χ4v) is 3.18. The van der Waals surface area contributed by atoms with Gasteiger partial charge < -0.3 is 14.6 Å². The first-order valence-corrected chi connectivity index (χ1v) is 7.97. The molecule has 1 aliphatic rings. The average Bonchev–Trinajstić information content (AvgIpc) is 3.31. The van der Waals surface area contributed by atoms with Gasteiger partial charge >= 0.3 is 5.97 Å². The van der Waals surface area contributed by atoms with E-state index < -0.39 is 5.97 Å². The smallest absolute Gasteiger partial charge is 0.303 e. The van der Waals surface area contributed by atoms with E-state index in [-0.39, 0.29) is 18.3 Å². The number of aromatic nitrogens is 1. The molecule has 1 aromatic heterocycles. The van der Waals surface area contributed by atoms with Gasteiger partial charge in [-0.2, -0.15) is 0 Å². The largest absolute Gasteiger partial charge is 0.481 e. The predicted octanol–water partition coefficient (Wildman–Crippen LogP) is 2.73. The second-order valence-electron chi connectivity index (χ2n) is 6.48. The van der Waals surface area contributed by atoms with Crippen molar-refractivity contribution in [2.24, 2.45) is 0 Å². The van der Waals surface area contributed by atoms with Crippen LogP contribution in [-0.4, -0.2) is 29.7 Å². The Hall–Kier alpha value is -2.30. The topological polar surface area (TPSA) is 62.5 Å². The van der Waals surface area contributed by atoms with Crippen molar-refractivity contribution in [3.63, 3.8) is 0 Å². The molecule has 1 aliphatic carbocycles. The third-order valence-corrected chi connectivity index (χ3v) is 4.57. The summed E-state index contributed by atoms with van der Waals surface area (Å²) < 4.78 is 2.23. The quantitative estimate of drug-likeness (QED) is 0.922. The number of anilines is 1. The zero-order chi connectivity index (χ0) is 16.7. The van der Waals surface area contributed by atoms with Crippen molar-refractivity contribution in [3.8, 4) is 0 Å². The van der Waals surface area contributed by atoms with Gasteiger partial charge in [0, 0.05) is 48.9 Å². The van der Waals surface area contributed by atoms with Crippen molar-refractivity contribution >= 4 is 22.6 Å². The third kappa shape index (κ3) is 2.83. The number of rotatable bonds is 5. The highest BCUT2D eigenvalue weighted by atomic mass is 16.4. The maximum atomic E-state index is 12.9. The first kappa shape index (κ1) is 15.6. The lowest BCUT2D eigenvalue weighted by atomic mass is 10.0. The van der Waals surface area contributed by atoms with Crippen LogP contribution in [0, 0.1) is 6.92 Å². The summed E-state index contributed by atoms with van der Waals surface area (Å²) in [5, 5.41) is 9.65. The second-order valence-corrected chi connectivity index (χ2v) is 6.48. The zero-order valence-electron chi connectivity index (χ0n) is 13.8. The summed E-state index contributed by atoms with van der Waals surface area (Å²) in [4.78, 5) is 25.8. The summed E-state index contributed by atoms with van der Waals surface area (Å²) >= 11 is 0. The molecule has 3 rings (SSSR count). The highest BCUT2D eigenvalue weighted by molar-refractivity contribution is 5.84. The van der Waals surface area contributed by atoms with Crippen LogP contribution in [0.25, 0.3) is 10.9 Å². The van der Waals surface area contributed by atoms with E-state index in [9.17, 15) is 9.59 Å². The Kier molecular flexibility index (Phi) is 3.88. The lowest BCUT2D eigenvalue weighted by Gasteiger charge is -2.19. The molecule has 0 saturated heterocycles. The van der Waals surface area contributed by atoms with Gasteiger partial charge in [0.25, 0.3) is 0 Å². The van der Waals surface area contributed by atoms with E-state index in [2.05, 4.69) is 4.57 Å². The average molecular weight is 314 g/mol. The molecular formula is C18H22N2O3. The van der Waals surface area contributed by atoms with E-state index in [1.165, 1.54) is 0 Å². The minimum absolute atomic E-state index is 0.0143. The van der Waals surface area contributed by atoms with Crippen molar-refractivity contribution in [2.45, 2.75) is 38.6 Å². The fourth-order valence-electron chi connectivity index (χ4n) is 3.18. The minimum Gasteiger partial charge on any atom is -0.481 e. The van der Waals surface area contributed by atoms with Gasteiger partial charge in [0.2, 0.25) is 0 Å². The van der Waals surface area contributed by atoms with Crippen molar-refractivity contribution < 1.29 is 9.90 Å². The molecule has 2 aromatic rings. The summed E-state index contributed by atoms with van der Waals surface area (Å²) in [5.74, 6) is -0.871. The van der Waals surface area contributed by atoms with E-state index in [4.69, 9.17) is 5.11 Å². The molecular weight excluding hydrogens is 292 g/mol. The van der Waals surface area contributed by atoms with Gasteiger partial charge in [0.15, 0.2) is 5.43 Å². The number of pyridine rings is 1. The molecule has 5 nitrogen and oxygen atoms in total. The van der Waals surface area contributed by atoms with Crippen molar-refractivity contribution in [2.75, 3.05) is 19.0 Å². The molecule has 0 amide bonds. The number of hydrogen-bond acceptors (Lipinski definition) is 3. The van der Waals surface area contributed by atoms with E-state index in [0.717, 1.165) is 29.7 Å². The molecule has 5 heteroatoms. The lowest BCUT2D eigenvalue weighted by Crippen LogP contribution is -2.20. The number of carbonyl (C=O) groups is 1. The summed E-state index contributed by atoms with van der Waals surface area (Å²) in [5.41, 5.74) is 3.47. The van der Waals surface area contributed by atoms with Gasteiger partial charge in [-0.05, 0) is 44.4 Å². The molecule has 1 saturated carbocycles. The Bertz CT molecular complexity index is 832. The third-order valence-electron chi connectivity index (χ3n) is 4.57. The SMILES string of the molecule is Cc1c(CCC(=O)O)c(=O)c2cc(N(C)C)ccc2n1C1CC1. The van der Waals surface area contributed by atoms with Crippen molar-refractivity contribution in [3.05, 3.63) is 39.7 Å². The lowest BCUT2D eigenvalue weighted by molar-refractivity contribution is -0.136. The predicted molar refractivity (Wildman–Crippen MR) is 91.5 cm³/mol. The van der Waals surface area contributed by atoms with Gasteiger partial charge in [-0.3, -0.25) is 9.59 Å². The number of hydrogen-bond donors (Lipinski definition) is 1. The van der Waals surface area contributed by atoms with Crippen LogP contribution in [0.3, 0.4) is 0 Å². The number of carboxylic acid groups (broad SMARTS) is 1. The number of carboxylic acids is 1. The zero-order valence-corrected chi connectivity index (χ0v) is 13.8. The number of aliphatic carboxylic acids is 1. The van der Waals surface area contributed by atoms with Gasteiger partial charge in [0.1, 0.15) is 0 Å². The van der Waals surface area contributed by atoms with Gasteiger partial charge in [-0.15, -0.1) is 0 Å².